The van der Waals surface area contributed by atoms with Crippen LogP contribution in [0.2, 0.25) is 0 Å². The van der Waals surface area contributed by atoms with Gasteiger partial charge in [-0.2, -0.15) is 9.78 Å². The molecule has 0 unspecified atom stereocenters. The molecule has 0 atom stereocenters. The van der Waals surface area contributed by atoms with Gasteiger partial charge in [-0.05, 0) is 37.4 Å². The quantitative estimate of drug-likeness (QED) is 0.631. The number of aromatic nitrogens is 2. The van der Waals surface area contributed by atoms with Crippen molar-refractivity contribution in [2.75, 3.05) is 0 Å². The summed E-state index contributed by atoms with van der Waals surface area (Å²) in [6.07, 6.45) is 0.877. The third kappa shape index (κ3) is 1.37. The number of carbonyl (C=O) groups excluding carboxylic acids is 1. The first-order valence-electron chi connectivity index (χ1n) is 3.82. The van der Waals surface area contributed by atoms with Crippen LogP contribution in [0.5, 0.6) is 0 Å². The summed E-state index contributed by atoms with van der Waals surface area (Å²) >= 11 is 5.31. The first-order valence-corrected chi connectivity index (χ1v) is 4.20. The number of hydrogen-bond acceptors (Lipinski definition) is 2. The standard InChI is InChI=1S/C8H11ClN2O/c1-4-7-5(2)10-11(6(7)3)8(9)12/h4H2,1-3H3. The lowest BCUT2D eigenvalue weighted by atomic mass is 10.1. The summed E-state index contributed by atoms with van der Waals surface area (Å²) in [5.74, 6) is 0. The van der Waals surface area contributed by atoms with E-state index in [9.17, 15) is 4.79 Å². The van der Waals surface area contributed by atoms with E-state index in [0.29, 0.717) is 0 Å². The van der Waals surface area contributed by atoms with Crippen molar-refractivity contribution in [2.45, 2.75) is 27.2 Å². The molecule has 0 saturated carbocycles. The van der Waals surface area contributed by atoms with Crippen molar-refractivity contribution in [1.29, 1.82) is 0 Å². The molecule has 1 heterocycles. The van der Waals surface area contributed by atoms with E-state index >= 15 is 0 Å². The maximum Gasteiger partial charge on any atom is 0.341 e. The average Bonchev–Trinajstić information content (AvgIpc) is 2.27. The largest absolute Gasteiger partial charge is 0.341 e. The van der Waals surface area contributed by atoms with Crippen LogP contribution in [0.4, 0.5) is 4.79 Å². The molecule has 12 heavy (non-hydrogen) atoms. The van der Waals surface area contributed by atoms with Gasteiger partial charge in [0.15, 0.2) is 0 Å². The van der Waals surface area contributed by atoms with Gasteiger partial charge in [-0.15, -0.1) is 0 Å². The molecule has 1 rings (SSSR count). The Balaban J connectivity index is 3.26. The fourth-order valence-corrected chi connectivity index (χ4v) is 1.52. The van der Waals surface area contributed by atoms with E-state index in [1.165, 1.54) is 4.68 Å². The Morgan fingerprint density at radius 2 is 2.17 bits per heavy atom. The van der Waals surface area contributed by atoms with Gasteiger partial charge in [-0.25, -0.2) is 0 Å². The Morgan fingerprint density at radius 1 is 1.58 bits per heavy atom. The lowest BCUT2D eigenvalue weighted by molar-refractivity contribution is 0.258. The molecule has 0 saturated heterocycles. The van der Waals surface area contributed by atoms with Crippen molar-refractivity contribution < 1.29 is 4.79 Å². The number of nitrogens with zero attached hydrogens (tertiary/aromatic N) is 2. The van der Waals surface area contributed by atoms with Gasteiger partial charge >= 0.3 is 5.37 Å². The molecular formula is C8H11ClN2O. The molecule has 4 heteroatoms. The van der Waals surface area contributed by atoms with Gasteiger partial charge in [0, 0.05) is 5.69 Å². The Hall–Kier alpha value is -0.830. The molecular weight excluding hydrogens is 176 g/mol. The van der Waals surface area contributed by atoms with Crippen molar-refractivity contribution in [3.05, 3.63) is 17.0 Å². The van der Waals surface area contributed by atoms with E-state index < -0.39 is 5.37 Å². The number of hydrogen-bond donors (Lipinski definition) is 0. The Morgan fingerprint density at radius 3 is 2.42 bits per heavy atom. The second-order valence-corrected chi connectivity index (χ2v) is 2.99. The zero-order chi connectivity index (χ0) is 9.30. The first-order chi connectivity index (χ1) is 5.57. The smallest absolute Gasteiger partial charge is 0.253 e. The second-order valence-electron chi connectivity index (χ2n) is 2.67. The van der Waals surface area contributed by atoms with E-state index in [1.807, 2.05) is 20.8 Å². The molecule has 66 valence electrons. The maximum absolute atomic E-state index is 10.8. The highest BCUT2D eigenvalue weighted by atomic mass is 35.5. The van der Waals surface area contributed by atoms with Crippen LogP contribution in [0.25, 0.3) is 0 Å². The molecule has 0 aromatic carbocycles. The van der Waals surface area contributed by atoms with Crippen LogP contribution in [0.3, 0.4) is 0 Å². The molecule has 0 aliphatic carbocycles. The number of carbonyl (C=O) groups is 1. The third-order valence-electron chi connectivity index (χ3n) is 1.96. The summed E-state index contributed by atoms with van der Waals surface area (Å²) in [7, 11) is 0. The average molecular weight is 187 g/mol. The molecule has 0 N–H and O–H groups in total. The van der Waals surface area contributed by atoms with Crippen LogP contribution < -0.4 is 0 Å². The van der Waals surface area contributed by atoms with Gasteiger partial charge in [0.2, 0.25) is 0 Å². The lowest BCUT2D eigenvalue weighted by Gasteiger charge is -1.96. The minimum atomic E-state index is -0.546. The van der Waals surface area contributed by atoms with Crippen LogP contribution in [0, 0.1) is 13.8 Å². The summed E-state index contributed by atoms with van der Waals surface area (Å²) in [5.41, 5.74) is 2.82. The zero-order valence-electron chi connectivity index (χ0n) is 7.39. The molecule has 0 amide bonds. The monoisotopic (exact) mass is 186 g/mol. The molecule has 1 aromatic heterocycles. The minimum Gasteiger partial charge on any atom is -0.253 e. The molecule has 0 fully saturated rings. The topological polar surface area (TPSA) is 34.9 Å². The molecule has 0 aliphatic heterocycles. The van der Waals surface area contributed by atoms with Crippen LogP contribution in [0.1, 0.15) is 23.9 Å². The summed E-state index contributed by atoms with van der Waals surface area (Å²) in [6, 6.07) is 0. The fourth-order valence-electron chi connectivity index (χ4n) is 1.36. The summed E-state index contributed by atoms with van der Waals surface area (Å²) < 4.78 is 1.23. The van der Waals surface area contributed by atoms with Gasteiger partial charge < -0.3 is 0 Å². The van der Waals surface area contributed by atoms with Crippen molar-refractivity contribution in [1.82, 2.24) is 9.78 Å². The van der Waals surface area contributed by atoms with Crippen LogP contribution in [-0.2, 0) is 6.42 Å². The molecule has 0 spiro atoms. The van der Waals surface area contributed by atoms with E-state index in [-0.39, 0.29) is 0 Å². The minimum absolute atomic E-state index is 0.546. The van der Waals surface area contributed by atoms with Crippen molar-refractivity contribution >= 4 is 17.0 Å². The summed E-state index contributed by atoms with van der Waals surface area (Å²) in [5, 5.41) is 3.47. The van der Waals surface area contributed by atoms with Crippen LogP contribution in [0.15, 0.2) is 0 Å². The van der Waals surface area contributed by atoms with E-state index in [2.05, 4.69) is 5.10 Å². The fraction of sp³-hybridized carbons (Fsp3) is 0.500. The predicted octanol–water partition coefficient (Wildman–Crippen LogP) is 2.27. The molecule has 1 aromatic rings. The van der Waals surface area contributed by atoms with Gasteiger partial charge in [-0.3, -0.25) is 4.79 Å². The summed E-state index contributed by atoms with van der Waals surface area (Å²) in [6.45, 7) is 5.75. The SMILES string of the molecule is CCc1c(C)nn(C(=O)Cl)c1C. The number of aryl methyl sites for hydroxylation is 1. The van der Waals surface area contributed by atoms with E-state index in [0.717, 1.165) is 23.4 Å². The van der Waals surface area contributed by atoms with Crippen molar-refractivity contribution in [3.63, 3.8) is 0 Å². The Kier molecular flexibility index (Phi) is 2.52. The highest BCUT2D eigenvalue weighted by Gasteiger charge is 2.12. The first kappa shape index (κ1) is 9.26. The highest BCUT2D eigenvalue weighted by Crippen LogP contribution is 2.13. The van der Waals surface area contributed by atoms with Gasteiger partial charge in [0.05, 0.1) is 5.69 Å². The van der Waals surface area contributed by atoms with Crippen molar-refractivity contribution in [3.8, 4) is 0 Å². The van der Waals surface area contributed by atoms with Gasteiger partial charge in [0.1, 0.15) is 0 Å². The highest BCUT2D eigenvalue weighted by molar-refractivity contribution is 6.63. The normalized spacial score (nSPS) is 10.3. The van der Waals surface area contributed by atoms with E-state index in [1.54, 1.807) is 0 Å². The van der Waals surface area contributed by atoms with Crippen molar-refractivity contribution in [2.24, 2.45) is 0 Å². The predicted molar refractivity (Wildman–Crippen MR) is 47.7 cm³/mol. The molecule has 0 radical (unpaired) electrons. The zero-order valence-corrected chi connectivity index (χ0v) is 8.14. The molecule has 3 nitrogen and oxygen atoms in total. The van der Waals surface area contributed by atoms with Crippen LogP contribution >= 0.6 is 11.6 Å². The maximum atomic E-state index is 10.8. The number of halogens is 1. The Bertz CT molecular complexity index is 317. The Labute approximate surface area is 76.3 Å². The summed E-state index contributed by atoms with van der Waals surface area (Å²) in [4.78, 5) is 10.8. The second kappa shape index (κ2) is 3.27. The number of rotatable bonds is 1. The van der Waals surface area contributed by atoms with Crippen LogP contribution in [-0.4, -0.2) is 15.1 Å². The molecule has 0 bridgehead atoms. The molecule has 0 aliphatic rings. The van der Waals surface area contributed by atoms with E-state index in [4.69, 9.17) is 11.6 Å². The third-order valence-corrected chi connectivity index (χ3v) is 2.12. The van der Waals surface area contributed by atoms with Gasteiger partial charge in [-0.1, -0.05) is 6.92 Å². The lowest BCUT2D eigenvalue weighted by Crippen LogP contribution is -2.06. The van der Waals surface area contributed by atoms with Gasteiger partial charge in [0.25, 0.3) is 0 Å².